The summed E-state index contributed by atoms with van der Waals surface area (Å²) in [7, 11) is 0. The fourth-order valence-electron chi connectivity index (χ4n) is 8.27. The van der Waals surface area contributed by atoms with Crippen molar-refractivity contribution in [2.75, 3.05) is 4.90 Å². The molecule has 7 aromatic rings. The lowest BCUT2D eigenvalue weighted by Gasteiger charge is -2.45. The van der Waals surface area contributed by atoms with Gasteiger partial charge in [-0.05, 0) is 70.8 Å². The Labute approximate surface area is 303 Å². The monoisotopic (exact) mass is 667 g/mol. The molecule has 3 aliphatic heterocycles. The minimum atomic E-state index is -0.726. The Kier molecular flexibility index (Phi) is 6.87. The van der Waals surface area contributed by atoms with Crippen LogP contribution < -0.4 is 14.4 Å². The van der Waals surface area contributed by atoms with Crippen molar-refractivity contribution in [3.8, 4) is 34.1 Å². The van der Waals surface area contributed by atoms with Gasteiger partial charge in [0, 0.05) is 45.3 Å². The van der Waals surface area contributed by atoms with Gasteiger partial charge in [-0.25, -0.2) is 0 Å². The number of para-hydroxylation sites is 5. The molecule has 0 saturated carbocycles. The predicted octanol–water partition coefficient (Wildman–Crippen LogP) is 12.7. The number of anilines is 2. The Morgan fingerprint density at radius 2 is 1.10 bits per heavy atom. The van der Waals surface area contributed by atoms with Gasteiger partial charge in [0.25, 0.3) is 0 Å². The maximum Gasteiger partial charge on any atom is 0.140 e. The normalized spacial score (nSPS) is 16.3. The van der Waals surface area contributed by atoms with Crippen LogP contribution in [0.1, 0.15) is 33.4 Å². The molecule has 3 heteroatoms. The van der Waals surface area contributed by atoms with E-state index in [1.54, 1.807) is 0 Å². The lowest BCUT2D eigenvalue weighted by molar-refractivity contribution is 0.400. The van der Waals surface area contributed by atoms with E-state index in [1.807, 2.05) is 24.3 Å². The van der Waals surface area contributed by atoms with Crippen LogP contribution >= 0.6 is 0 Å². The Balaban J connectivity index is 1.23. The molecule has 0 saturated heterocycles. The third-order valence-electron chi connectivity index (χ3n) is 10.6. The van der Waals surface area contributed by atoms with Crippen LogP contribution in [0.15, 0.2) is 195 Å². The second kappa shape index (κ2) is 11.9. The molecule has 0 atom stereocenters. The minimum Gasteiger partial charge on any atom is -0.457 e. The fraction of sp³-hybridized carbons (Fsp3) is 0.0204. The van der Waals surface area contributed by atoms with Crippen molar-refractivity contribution in [3.63, 3.8) is 0 Å². The van der Waals surface area contributed by atoms with Crippen molar-refractivity contribution in [3.05, 3.63) is 228 Å². The summed E-state index contributed by atoms with van der Waals surface area (Å²) >= 11 is 0. The van der Waals surface area contributed by atoms with E-state index in [1.165, 1.54) is 0 Å². The smallest absolute Gasteiger partial charge is 0.140 e. The van der Waals surface area contributed by atoms with E-state index < -0.39 is 5.41 Å². The Hall–Kier alpha value is -6.84. The van der Waals surface area contributed by atoms with Gasteiger partial charge in [-0.2, -0.15) is 0 Å². The van der Waals surface area contributed by atoms with Crippen LogP contribution in [0.5, 0.6) is 23.0 Å². The number of ether oxygens (including phenoxy) is 2. The summed E-state index contributed by atoms with van der Waals surface area (Å²) in [4.78, 5) is 2.22. The van der Waals surface area contributed by atoms with Crippen LogP contribution in [0.25, 0.3) is 22.3 Å². The van der Waals surface area contributed by atoms with Crippen molar-refractivity contribution in [1.82, 2.24) is 0 Å². The van der Waals surface area contributed by atoms with Gasteiger partial charge < -0.3 is 14.4 Å². The van der Waals surface area contributed by atoms with E-state index >= 15 is 0 Å². The molecule has 3 nitrogen and oxygen atoms in total. The van der Waals surface area contributed by atoms with Crippen molar-refractivity contribution in [1.29, 1.82) is 0 Å². The Morgan fingerprint density at radius 3 is 1.87 bits per heavy atom. The van der Waals surface area contributed by atoms with E-state index in [0.29, 0.717) is 0 Å². The van der Waals surface area contributed by atoms with E-state index in [2.05, 4.69) is 169 Å². The minimum absolute atomic E-state index is 0.726. The average Bonchev–Trinajstić information content (AvgIpc) is 3.20. The van der Waals surface area contributed by atoms with Gasteiger partial charge in [-0.1, -0.05) is 140 Å². The zero-order valence-electron chi connectivity index (χ0n) is 28.4. The summed E-state index contributed by atoms with van der Waals surface area (Å²) in [6.07, 6.45) is 6.44. The third kappa shape index (κ3) is 4.46. The molecule has 1 spiro atoms. The van der Waals surface area contributed by atoms with Crippen LogP contribution in [0, 0.1) is 0 Å². The van der Waals surface area contributed by atoms with E-state index in [9.17, 15) is 0 Å². The van der Waals surface area contributed by atoms with Crippen LogP contribution in [-0.4, -0.2) is 0 Å². The predicted molar refractivity (Wildman–Crippen MR) is 212 cm³/mol. The Bertz CT molecular complexity index is 2550. The number of benzene rings is 7. The highest BCUT2D eigenvalue weighted by Gasteiger charge is 2.51. The molecule has 10 rings (SSSR count). The molecular weight excluding hydrogens is 635 g/mol. The molecular formula is C49H33NO2. The lowest BCUT2D eigenvalue weighted by atomic mass is 9.61. The SMILES string of the molecule is C=C1/C(c2ccc3c(c2)C2(c4ccccc4Oc4ccccc42)c2cccc(-c4ccccc4)c2O3)=C\C=C/N(c2ccccc2)c2ccccc21. The molecule has 0 fully saturated rings. The van der Waals surface area contributed by atoms with Crippen LogP contribution in [0.3, 0.4) is 0 Å². The highest BCUT2D eigenvalue weighted by atomic mass is 16.5. The molecule has 7 aromatic carbocycles. The van der Waals surface area contributed by atoms with E-state index in [4.69, 9.17) is 16.1 Å². The molecule has 0 bridgehead atoms. The van der Waals surface area contributed by atoms with Crippen LogP contribution in [0.2, 0.25) is 0 Å². The highest BCUT2D eigenvalue weighted by molar-refractivity contribution is 6.08. The second-order valence-corrected chi connectivity index (χ2v) is 13.3. The number of allylic oxidation sites excluding steroid dienone is 4. The van der Waals surface area contributed by atoms with Gasteiger partial charge in [0.05, 0.1) is 11.1 Å². The van der Waals surface area contributed by atoms with Gasteiger partial charge >= 0.3 is 0 Å². The molecule has 0 aliphatic carbocycles. The largest absolute Gasteiger partial charge is 0.457 e. The van der Waals surface area contributed by atoms with Crippen molar-refractivity contribution >= 4 is 22.5 Å². The summed E-state index contributed by atoms with van der Waals surface area (Å²) in [6, 6.07) is 59.5. The maximum absolute atomic E-state index is 7.05. The van der Waals surface area contributed by atoms with E-state index in [0.717, 1.165) is 90.0 Å². The van der Waals surface area contributed by atoms with Crippen molar-refractivity contribution in [2.24, 2.45) is 0 Å². The highest BCUT2D eigenvalue weighted by Crippen LogP contribution is 2.63. The quantitative estimate of drug-likeness (QED) is 0.187. The summed E-state index contributed by atoms with van der Waals surface area (Å²) in [5.41, 5.74) is 12.0. The van der Waals surface area contributed by atoms with Crippen LogP contribution in [0.4, 0.5) is 11.4 Å². The third-order valence-corrected chi connectivity index (χ3v) is 10.6. The van der Waals surface area contributed by atoms with E-state index in [-0.39, 0.29) is 0 Å². The number of hydrogen-bond acceptors (Lipinski definition) is 3. The number of nitrogens with zero attached hydrogens (tertiary/aromatic N) is 1. The topological polar surface area (TPSA) is 21.7 Å². The molecule has 3 aliphatic rings. The summed E-state index contributed by atoms with van der Waals surface area (Å²) in [5, 5.41) is 0. The number of hydrogen-bond donors (Lipinski definition) is 0. The summed E-state index contributed by atoms with van der Waals surface area (Å²) < 4.78 is 13.7. The standard InChI is InChI=1S/C49H33NO2/c1-33-37(22-15-31-50(36-18-6-3-7-19-36)44-26-11-8-20-38(33)44)35-29-30-47-43(32-35)49(40-23-9-12-27-45(40)51-46-28-13-10-24-41(46)49)42-25-14-21-39(48(42)52-47)34-16-4-2-5-17-34/h2-32H,1H2/b31-15-,37-22+. The molecule has 0 amide bonds. The molecule has 3 heterocycles. The Morgan fingerprint density at radius 1 is 0.481 bits per heavy atom. The fourth-order valence-corrected chi connectivity index (χ4v) is 8.27. The molecule has 0 N–H and O–H groups in total. The first-order chi connectivity index (χ1) is 25.7. The average molecular weight is 668 g/mol. The molecule has 52 heavy (non-hydrogen) atoms. The van der Waals surface area contributed by atoms with Crippen LogP contribution in [-0.2, 0) is 5.41 Å². The van der Waals surface area contributed by atoms with Crippen molar-refractivity contribution < 1.29 is 9.47 Å². The zero-order chi connectivity index (χ0) is 34.6. The molecule has 0 aromatic heterocycles. The van der Waals surface area contributed by atoms with Gasteiger partial charge in [0.2, 0.25) is 0 Å². The van der Waals surface area contributed by atoms with Crippen molar-refractivity contribution in [2.45, 2.75) is 5.41 Å². The first-order valence-electron chi connectivity index (χ1n) is 17.6. The maximum atomic E-state index is 7.05. The molecule has 0 radical (unpaired) electrons. The lowest BCUT2D eigenvalue weighted by Crippen LogP contribution is -2.37. The molecule has 246 valence electrons. The van der Waals surface area contributed by atoms with Gasteiger partial charge in [-0.3, -0.25) is 0 Å². The number of rotatable bonds is 3. The van der Waals surface area contributed by atoms with Gasteiger partial charge in [0.1, 0.15) is 23.0 Å². The first kappa shape index (κ1) is 30.0. The zero-order valence-corrected chi connectivity index (χ0v) is 28.4. The van der Waals surface area contributed by atoms with Gasteiger partial charge in [0.15, 0.2) is 0 Å². The summed E-state index contributed by atoms with van der Waals surface area (Å²) in [6.45, 7) is 4.73. The molecule has 0 unspecified atom stereocenters. The first-order valence-corrected chi connectivity index (χ1v) is 17.6. The summed E-state index contributed by atoms with van der Waals surface area (Å²) in [5.74, 6) is 3.34. The second-order valence-electron chi connectivity index (χ2n) is 13.3. The number of fused-ring (bicyclic) bond motifs is 9. The van der Waals surface area contributed by atoms with Gasteiger partial charge in [-0.15, -0.1) is 0 Å².